The molecule has 0 amide bonds. The molecular formula is C16H20F3N5. The zero-order chi connectivity index (χ0) is 17.3. The predicted molar refractivity (Wildman–Crippen MR) is 83.6 cm³/mol. The minimum Gasteiger partial charge on any atom is -0.340 e. The van der Waals surface area contributed by atoms with Crippen LogP contribution in [-0.4, -0.2) is 32.8 Å². The Bertz CT molecular complexity index is 706. The van der Waals surface area contributed by atoms with E-state index in [2.05, 4.69) is 15.1 Å². The van der Waals surface area contributed by atoms with Crippen LogP contribution < -0.4 is 4.90 Å². The first kappa shape index (κ1) is 16.7. The fourth-order valence-electron chi connectivity index (χ4n) is 2.57. The summed E-state index contributed by atoms with van der Waals surface area (Å²) in [5.41, 5.74) is 0.344. The van der Waals surface area contributed by atoms with E-state index in [4.69, 9.17) is 0 Å². The van der Waals surface area contributed by atoms with Gasteiger partial charge in [-0.3, -0.25) is 4.68 Å². The van der Waals surface area contributed by atoms with E-state index < -0.39 is 11.9 Å². The van der Waals surface area contributed by atoms with Crippen LogP contribution in [0.5, 0.6) is 0 Å². The van der Waals surface area contributed by atoms with Gasteiger partial charge in [0.25, 0.3) is 0 Å². The van der Waals surface area contributed by atoms with E-state index >= 15 is 0 Å². The minimum atomic E-state index is -4.46. The maximum absolute atomic E-state index is 13.0. The van der Waals surface area contributed by atoms with Crippen molar-refractivity contribution in [2.45, 2.75) is 32.4 Å². The molecule has 1 aliphatic carbocycles. The van der Waals surface area contributed by atoms with Crippen molar-refractivity contribution in [3.05, 3.63) is 35.4 Å². The molecule has 0 aliphatic heterocycles. The average Bonchev–Trinajstić information content (AvgIpc) is 3.22. The van der Waals surface area contributed by atoms with Crippen molar-refractivity contribution in [1.29, 1.82) is 0 Å². The Hall–Kier alpha value is -2.12. The normalized spacial score (nSPS) is 14.9. The third kappa shape index (κ3) is 4.24. The molecule has 0 bridgehead atoms. The van der Waals surface area contributed by atoms with E-state index in [0.717, 1.165) is 24.6 Å². The maximum atomic E-state index is 13.0. The summed E-state index contributed by atoms with van der Waals surface area (Å²) in [6.45, 7) is 2.80. The second kappa shape index (κ2) is 6.41. The van der Waals surface area contributed by atoms with Crippen LogP contribution in [0.15, 0.2) is 18.3 Å². The Morgan fingerprint density at radius 1 is 1.29 bits per heavy atom. The van der Waals surface area contributed by atoms with Crippen molar-refractivity contribution in [1.82, 2.24) is 19.7 Å². The molecule has 0 aromatic carbocycles. The molecule has 130 valence electrons. The van der Waals surface area contributed by atoms with Gasteiger partial charge in [0.1, 0.15) is 5.69 Å². The van der Waals surface area contributed by atoms with Gasteiger partial charge in [-0.1, -0.05) is 0 Å². The smallest absolute Gasteiger partial charge is 0.340 e. The molecule has 1 fully saturated rings. The maximum Gasteiger partial charge on any atom is 0.433 e. The van der Waals surface area contributed by atoms with Gasteiger partial charge in [0.2, 0.25) is 5.95 Å². The van der Waals surface area contributed by atoms with Crippen molar-refractivity contribution in [3.63, 3.8) is 0 Å². The van der Waals surface area contributed by atoms with Gasteiger partial charge in [-0.05, 0) is 37.8 Å². The minimum absolute atomic E-state index is 0.158. The molecule has 0 saturated heterocycles. The van der Waals surface area contributed by atoms with E-state index in [0.29, 0.717) is 31.1 Å². The van der Waals surface area contributed by atoms with Gasteiger partial charge < -0.3 is 4.90 Å². The highest BCUT2D eigenvalue weighted by Crippen LogP contribution is 2.32. The number of halogens is 3. The third-order valence-electron chi connectivity index (χ3n) is 4.00. The summed E-state index contributed by atoms with van der Waals surface area (Å²) in [5, 5.41) is 4.31. The number of alkyl halides is 3. The highest BCUT2D eigenvalue weighted by atomic mass is 19.4. The number of hydrogen-bond acceptors (Lipinski definition) is 4. The largest absolute Gasteiger partial charge is 0.433 e. The molecule has 2 heterocycles. The summed E-state index contributed by atoms with van der Waals surface area (Å²) in [6.07, 6.45) is 0.252. The molecule has 0 spiro atoms. The van der Waals surface area contributed by atoms with Crippen LogP contribution in [0.1, 0.15) is 29.9 Å². The monoisotopic (exact) mass is 339 g/mol. The second-order valence-electron chi connectivity index (χ2n) is 6.31. The van der Waals surface area contributed by atoms with Gasteiger partial charge in [0.15, 0.2) is 0 Å². The van der Waals surface area contributed by atoms with E-state index in [1.807, 2.05) is 24.2 Å². The van der Waals surface area contributed by atoms with Crippen LogP contribution in [0.4, 0.5) is 19.1 Å². The van der Waals surface area contributed by atoms with Crippen molar-refractivity contribution in [2.24, 2.45) is 13.0 Å². The molecule has 0 N–H and O–H groups in total. The fourth-order valence-corrected chi connectivity index (χ4v) is 2.57. The van der Waals surface area contributed by atoms with E-state index in [1.54, 1.807) is 11.6 Å². The summed E-state index contributed by atoms with van der Waals surface area (Å²) in [5.74, 6) is 0.678. The van der Waals surface area contributed by atoms with E-state index in [1.165, 1.54) is 0 Å². The van der Waals surface area contributed by atoms with Gasteiger partial charge in [-0.25, -0.2) is 9.97 Å². The second-order valence-corrected chi connectivity index (χ2v) is 6.31. The van der Waals surface area contributed by atoms with Gasteiger partial charge >= 0.3 is 6.18 Å². The highest BCUT2D eigenvalue weighted by molar-refractivity contribution is 5.34. The van der Waals surface area contributed by atoms with Crippen molar-refractivity contribution >= 4 is 5.95 Å². The van der Waals surface area contributed by atoms with Gasteiger partial charge in [-0.2, -0.15) is 18.3 Å². The topological polar surface area (TPSA) is 46.8 Å². The average molecular weight is 339 g/mol. The first-order valence-electron chi connectivity index (χ1n) is 7.97. The number of nitrogens with zero attached hydrogens (tertiary/aromatic N) is 5. The van der Waals surface area contributed by atoms with Crippen LogP contribution in [0.3, 0.4) is 0 Å². The van der Waals surface area contributed by atoms with Gasteiger partial charge in [0.05, 0.1) is 5.69 Å². The Balaban J connectivity index is 1.80. The molecule has 24 heavy (non-hydrogen) atoms. The Labute approximate surface area is 138 Å². The van der Waals surface area contributed by atoms with Crippen LogP contribution in [0.25, 0.3) is 0 Å². The number of aryl methyl sites for hydroxylation is 2. The molecule has 0 unspecified atom stereocenters. The highest BCUT2D eigenvalue weighted by Gasteiger charge is 2.34. The number of anilines is 1. The van der Waals surface area contributed by atoms with Gasteiger partial charge in [-0.15, -0.1) is 0 Å². The van der Waals surface area contributed by atoms with Crippen molar-refractivity contribution in [3.8, 4) is 0 Å². The molecule has 8 heteroatoms. The lowest BCUT2D eigenvalue weighted by Crippen LogP contribution is -2.31. The fraction of sp³-hybridized carbons (Fsp3) is 0.562. The molecule has 2 aromatic heterocycles. The summed E-state index contributed by atoms with van der Waals surface area (Å²) < 4.78 is 40.8. The Morgan fingerprint density at radius 2 is 2.04 bits per heavy atom. The molecule has 0 atom stereocenters. The summed E-state index contributed by atoms with van der Waals surface area (Å²) in [6, 6.07) is 2.89. The van der Waals surface area contributed by atoms with E-state index in [-0.39, 0.29) is 5.95 Å². The standard InChI is InChI=1S/C16H20F3N5/c1-11-9-14(16(17,18)19)21-15(20-11)24(10-12-3-4-12)8-6-13-5-7-23(2)22-13/h5,7,9,12H,3-4,6,8,10H2,1-2H3. The zero-order valence-corrected chi connectivity index (χ0v) is 13.7. The Kier molecular flexibility index (Phi) is 4.47. The van der Waals surface area contributed by atoms with Crippen molar-refractivity contribution < 1.29 is 13.2 Å². The van der Waals surface area contributed by atoms with Crippen molar-refractivity contribution in [2.75, 3.05) is 18.0 Å². The van der Waals surface area contributed by atoms with Crippen LogP contribution in [0, 0.1) is 12.8 Å². The lowest BCUT2D eigenvalue weighted by atomic mass is 10.2. The first-order chi connectivity index (χ1) is 11.3. The molecule has 3 rings (SSSR count). The lowest BCUT2D eigenvalue weighted by Gasteiger charge is -2.23. The third-order valence-corrected chi connectivity index (χ3v) is 4.00. The van der Waals surface area contributed by atoms with E-state index in [9.17, 15) is 13.2 Å². The first-order valence-corrected chi connectivity index (χ1v) is 7.97. The lowest BCUT2D eigenvalue weighted by molar-refractivity contribution is -0.141. The molecule has 1 saturated carbocycles. The summed E-state index contributed by atoms with van der Waals surface area (Å²) in [7, 11) is 1.84. The quantitative estimate of drug-likeness (QED) is 0.812. The Morgan fingerprint density at radius 3 is 2.62 bits per heavy atom. The summed E-state index contributed by atoms with van der Waals surface area (Å²) in [4.78, 5) is 9.86. The van der Waals surface area contributed by atoms with Crippen LogP contribution in [0.2, 0.25) is 0 Å². The number of hydrogen-bond donors (Lipinski definition) is 0. The number of aromatic nitrogens is 4. The predicted octanol–water partition coefficient (Wildman–Crippen LogP) is 3.00. The molecular weight excluding hydrogens is 319 g/mol. The van der Waals surface area contributed by atoms with Crippen LogP contribution >= 0.6 is 0 Å². The summed E-state index contributed by atoms with van der Waals surface area (Å²) >= 11 is 0. The van der Waals surface area contributed by atoms with Gasteiger partial charge in [0, 0.05) is 38.4 Å². The zero-order valence-electron chi connectivity index (χ0n) is 13.7. The molecule has 2 aromatic rings. The number of rotatable bonds is 6. The molecule has 1 aliphatic rings. The SMILES string of the molecule is Cc1cc(C(F)(F)F)nc(N(CCc2ccn(C)n2)CC2CC2)n1. The molecule has 5 nitrogen and oxygen atoms in total. The van der Waals surface area contributed by atoms with Crippen LogP contribution in [-0.2, 0) is 19.6 Å². The molecule has 0 radical (unpaired) electrons.